The number of nitrogens with zero attached hydrogens (tertiary/aromatic N) is 1. The van der Waals surface area contributed by atoms with Gasteiger partial charge in [0.1, 0.15) is 6.04 Å². The Kier molecular flexibility index (Phi) is 7.87. The van der Waals surface area contributed by atoms with Gasteiger partial charge in [0.25, 0.3) is 0 Å². The maximum absolute atomic E-state index is 13.1. The number of nitrogens with two attached hydrogens (primary N) is 1. The van der Waals surface area contributed by atoms with Crippen molar-refractivity contribution in [2.24, 2.45) is 11.7 Å². The lowest BCUT2D eigenvalue weighted by Crippen LogP contribution is -2.56. The summed E-state index contributed by atoms with van der Waals surface area (Å²) in [5.41, 5.74) is 5.68. The van der Waals surface area contributed by atoms with E-state index in [0.29, 0.717) is 25.4 Å². The van der Waals surface area contributed by atoms with Crippen LogP contribution in [-0.4, -0.2) is 36.2 Å². The zero-order chi connectivity index (χ0) is 14.3. The molecule has 0 aliphatic carbocycles. The molecule has 110 valence electrons. The fraction of sp³-hybridized carbons (Fsp3) is 1.00. The smallest absolute Gasteiger partial charge is 0.326 e. The van der Waals surface area contributed by atoms with E-state index in [2.05, 4.69) is 0 Å². The van der Waals surface area contributed by atoms with Crippen molar-refractivity contribution < 1.29 is 13.2 Å². The molecule has 2 unspecified atom stereocenters. The molecule has 0 radical (unpaired) electrons. The molecule has 0 aromatic carbocycles. The summed E-state index contributed by atoms with van der Waals surface area (Å²) < 4.78 is 39.4. The van der Waals surface area contributed by atoms with Crippen LogP contribution in [0.5, 0.6) is 0 Å². The first kappa shape index (κ1) is 17.7. The maximum Gasteiger partial charge on any atom is 0.405 e. The molecule has 0 aliphatic rings. The van der Waals surface area contributed by atoms with Gasteiger partial charge in [-0.2, -0.15) is 13.2 Å². The van der Waals surface area contributed by atoms with Crippen LogP contribution in [0.2, 0.25) is 0 Å². The topological polar surface area (TPSA) is 29.3 Å². The van der Waals surface area contributed by atoms with Crippen molar-refractivity contribution in [1.82, 2.24) is 4.90 Å². The fourth-order valence-electron chi connectivity index (χ4n) is 2.26. The van der Waals surface area contributed by atoms with Crippen LogP contribution < -0.4 is 5.73 Å². The largest absolute Gasteiger partial charge is 0.405 e. The molecular formula is C13H27F3N2. The Morgan fingerprint density at radius 1 is 1.00 bits per heavy atom. The zero-order valence-corrected chi connectivity index (χ0v) is 11.9. The van der Waals surface area contributed by atoms with Crippen molar-refractivity contribution in [3.63, 3.8) is 0 Å². The molecule has 0 spiro atoms. The van der Waals surface area contributed by atoms with E-state index < -0.39 is 18.3 Å². The molecule has 0 aliphatic heterocycles. The molecule has 0 bridgehead atoms. The van der Waals surface area contributed by atoms with Gasteiger partial charge in [0.05, 0.1) is 0 Å². The molecule has 0 amide bonds. The maximum atomic E-state index is 13.1. The molecule has 18 heavy (non-hydrogen) atoms. The van der Waals surface area contributed by atoms with E-state index in [4.69, 9.17) is 5.73 Å². The molecule has 5 heteroatoms. The Hall–Kier alpha value is -0.290. The van der Waals surface area contributed by atoms with Gasteiger partial charge in [-0.25, -0.2) is 0 Å². The first-order valence-corrected chi connectivity index (χ1v) is 6.87. The summed E-state index contributed by atoms with van der Waals surface area (Å²) in [4.78, 5) is 1.49. The van der Waals surface area contributed by atoms with Gasteiger partial charge in [-0.05, 0) is 18.9 Å². The van der Waals surface area contributed by atoms with Crippen molar-refractivity contribution in [2.75, 3.05) is 13.1 Å². The van der Waals surface area contributed by atoms with Gasteiger partial charge in [-0.15, -0.1) is 0 Å². The lowest BCUT2D eigenvalue weighted by molar-refractivity contribution is -0.190. The van der Waals surface area contributed by atoms with Gasteiger partial charge in [-0.3, -0.25) is 4.90 Å². The molecule has 0 heterocycles. The summed E-state index contributed by atoms with van der Waals surface area (Å²) in [6.45, 7) is 8.36. The van der Waals surface area contributed by atoms with E-state index in [0.717, 1.165) is 12.8 Å². The highest BCUT2D eigenvalue weighted by Gasteiger charge is 2.46. The Balaban J connectivity index is 4.92. The van der Waals surface area contributed by atoms with Crippen LogP contribution in [0.15, 0.2) is 0 Å². The minimum atomic E-state index is -4.25. The minimum absolute atomic E-state index is 0.304. The second kappa shape index (κ2) is 8.00. The fourth-order valence-corrected chi connectivity index (χ4v) is 2.26. The Morgan fingerprint density at radius 3 is 1.78 bits per heavy atom. The van der Waals surface area contributed by atoms with Crippen molar-refractivity contribution in [3.8, 4) is 0 Å². The molecule has 0 saturated heterocycles. The summed E-state index contributed by atoms with van der Waals surface area (Å²) in [6, 6.07) is -2.37. The van der Waals surface area contributed by atoms with Crippen molar-refractivity contribution in [2.45, 2.75) is 65.2 Å². The third kappa shape index (κ3) is 5.14. The molecule has 0 rings (SSSR count). The first-order valence-electron chi connectivity index (χ1n) is 6.87. The quantitative estimate of drug-likeness (QED) is 0.731. The molecule has 0 fully saturated rings. The van der Waals surface area contributed by atoms with Gasteiger partial charge < -0.3 is 5.73 Å². The summed E-state index contributed by atoms with van der Waals surface area (Å²) in [5.74, 6) is 0.304. The normalized spacial score (nSPS) is 16.3. The predicted octanol–water partition coefficient (Wildman–Crippen LogP) is 3.41. The van der Waals surface area contributed by atoms with Gasteiger partial charge in [-0.1, -0.05) is 40.5 Å². The molecular weight excluding hydrogens is 241 g/mol. The average Bonchev–Trinajstić information content (AvgIpc) is 2.31. The summed E-state index contributed by atoms with van der Waals surface area (Å²) in [7, 11) is 0. The van der Waals surface area contributed by atoms with Crippen LogP contribution in [0.3, 0.4) is 0 Å². The molecule has 2 nitrogen and oxygen atoms in total. The summed E-state index contributed by atoms with van der Waals surface area (Å²) in [6.07, 6.45) is -2.11. The van der Waals surface area contributed by atoms with Crippen LogP contribution in [0.4, 0.5) is 13.2 Å². The highest BCUT2D eigenvalue weighted by molar-refractivity contribution is 4.88. The third-order valence-corrected chi connectivity index (χ3v) is 3.66. The molecule has 2 atom stereocenters. The van der Waals surface area contributed by atoms with Crippen LogP contribution in [-0.2, 0) is 0 Å². The lowest BCUT2D eigenvalue weighted by atomic mass is 9.98. The lowest BCUT2D eigenvalue weighted by Gasteiger charge is -2.37. The number of hydrogen-bond donors (Lipinski definition) is 1. The Morgan fingerprint density at radius 2 is 1.50 bits per heavy atom. The summed E-state index contributed by atoms with van der Waals surface area (Å²) >= 11 is 0. The monoisotopic (exact) mass is 268 g/mol. The van der Waals surface area contributed by atoms with Crippen LogP contribution in [0, 0.1) is 5.92 Å². The van der Waals surface area contributed by atoms with Gasteiger partial charge in [0.2, 0.25) is 0 Å². The molecule has 0 saturated carbocycles. The molecule has 0 aromatic rings. The standard InChI is InChI=1S/C13H27F3N2/c1-5-10(6-2)9-18(8-4)12(11(17)7-3)13(14,15)16/h10-12H,5-9,17H2,1-4H3. The highest BCUT2D eigenvalue weighted by Crippen LogP contribution is 2.29. The van der Waals surface area contributed by atoms with E-state index >= 15 is 0 Å². The van der Waals surface area contributed by atoms with E-state index in [1.54, 1.807) is 13.8 Å². The van der Waals surface area contributed by atoms with Crippen molar-refractivity contribution in [1.29, 1.82) is 0 Å². The Bertz CT molecular complexity index is 215. The second-order valence-corrected chi connectivity index (χ2v) is 4.83. The van der Waals surface area contributed by atoms with E-state index in [9.17, 15) is 13.2 Å². The number of halogens is 3. The second-order valence-electron chi connectivity index (χ2n) is 4.83. The highest BCUT2D eigenvalue weighted by atomic mass is 19.4. The minimum Gasteiger partial charge on any atom is -0.326 e. The zero-order valence-electron chi connectivity index (χ0n) is 11.9. The van der Waals surface area contributed by atoms with Crippen molar-refractivity contribution >= 4 is 0 Å². The van der Waals surface area contributed by atoms with E-state index in [-0.39, 0.29) is 0 Å². The Labute approximate surface area is 109 Å². The summed E-state index contributed by atoms with van der Waals surface area (Å²) in [5, 5.41) is 0. The molecule has 2 N–H and O–H groups in total. The number of hydrogen-bond acceptors (Lipinski definition) is 2. The van der Waals surface area contributed by atoms with Gasteiger partial charge in [0, 0.05) is 12.6 Å². The van der Waals surface area contributed by atoms with E-state index in [1.165, 1.54) is 4.90 Å². The van der Waals surface area contributed by atoms with E-state index in [1.807, 2.05) is 13.8 Å². The van der Waals surface area contributed by atoms with Crippen LogP contribution >= 0.6 is 0 Å². The van der Waals surface area contributed by atoms with Gasteiger partial charge >= 0.3 is 6.18 Å². The predicted molar refractivity (Wildman–Crippen MR) is 69.4 cm³/mol. The number of rotatable bonds is 8. The third-order valence-electron chi connectivity index (χ3n) is 3.66. The first-order chi connectivity index (χ1) is 8.31. The van der Waals surface area contributed by atoms with Gasteiger partial charge in [0.15, 0.2) is 0 Å². The van der Waals surface area contributed by atoms with Crippen molar-refractivity contribution in [3.05, 3.63) is 0 Å². The molecule has 0 aromatic heterocycles. The van der Waals surface area contributed by atoms with Crippen LogP contribution in [0.1, 0.15) is 47.0 Å². The average molecular weight is 268 g/mol. The number of alkyl halides is 3. The number of likely N-dealkylation sites (N-methyl/N-ethyl adjacent to an activating group) is 1. The van der Waals surface area contributed by atoms with Crippen LogP contribution in [0.25, 0.3) is 0 Å². The SMILES string of the molecule is CCC(CC)CN(CC)C(C(N)CC)C(F)(F)F.